The summed E-state index contributed by atoms with van der Waals surface area (Å²) in [5, 5.41) is 3.14. The van der Waals surface area contributed by atoms with E-state index in [1.165, 1.54) is 25.7 Å². The van der Waals surface area contributed by atoms with Crippen LogP contribution in [0.5, 0.6) is 0 Å². The first kappa shape index (κ1) is 12.7. The van der Waals surface area contributed by atoms with Crippen LogP contribution in [-0.2, 0) is 4.79 Å². The molecule has 0 aromatic heterocycles. The number of hydrogen-bond donors (Lipinski definition) is 1. The summed E-state index contributed by atoms with van der Waals surface area (Å²) >= 11 is 5.56. The quantitative estimate of drug-likeness (QED) is 0.812. The average molecular weight is 306 g/mol. The highest BCUT2D eigenvalue weighted by Gasteiger charge is 2.24. The highest BCUT2D eigenvalue weighted by Crippen LogP contribution is 2.28. The summed E-state index contributed by atoms with van der Waals surface area (Å²) in [6, 6.07) is 0. The Morgan fingerprint density at radius 3 is 2.62 bits per heavy atom. The summed E-state index contributed by atoms with van der Waals surface area (Å²) in [5.41, 5.74) is 0. The van der Waals surface area contributed by atoms with Gasteiger partial charge in [0.15, 0.2) is 0 Å². The number of alkyl halides is 1. The summed E-state index contributed by atoms with van der Waals surface area (Å²) in [6.07, 6.45) is 6.12. The van der Waals surface area contributed by atoms with E-state index in [1.54, 1.807) is 0 Å². The Bertz CT molecular complexity index is 235. The molecule has 0 radical (unpaired) electrons. The minimum absolute atomic E-state index is 0.289. The molecule has 1 saturated heterocycles. The van der Waals surface area contributed by atoms with Gasteiger partial charge in [-0.15, -0.1) is 0 Å². The minimum atomic E-state index is 0.289. The molecule has 1 heterocycles. The van der Waals surface area contributed by atoms with Gasteiger partial charge >= 0.3 is 0 Å². The molecule has 1 aliphatic heterocycles. The first-order chi connectivity index (χ1) is 7.75. The van der Waals surface area contributed by atoms with Crippen molar-refractivity contribution in [2.24, 2.45) is 11.8 Å². The molecule has 2 rings (SSSR count). The number of thioether (sulfide) groups is 1. The molecule has 2 fully saturated rings. The Balaban J connectivity index is 1.65. The number of halogens is 1. The van der Waals surface area contributed by atoms with Crippen LogP contribution in [0, 0.1) is 11.8 Å². The maximum Gasteiger partial charge on any atom is 0.223 e. The van der Waals surface area contributed by atoms with E-state index in [2.05, 4.69) is 21.2 Å². The van der Waals surface area contributed by atoms with Gasteiger partial charge in [-0.3, -0.25) is 4.79 Å². The van der Waals surface area contributed by atoms with Crippen LogP contribution in [0.25, 0.3) is 0 Å². The van der Waals surface area contributed by atoms with Gasteiger partial charge in [0.05, 0.1) is 0 Å². The van der Waals surface area contributed by atoms with Gasteiger partial charge in [-0.2, -0.15) is 11.8 Å². The van der Waals surface area contributed by atoms with Crippen LogP contribution in [0.1, 0.15) is 32.1 Å². The molecule has 16 heavy (non-hydrogen) atoms. The zero-order valence-corrected chi connectivity index (χ0v) is 12.0. The zero-order valence-electron chi connectivity index (χ0n) is 9.58. The number of nitrogens with one attached hydrogen (secondary N) is 1. The van der Waals surface area contributed by atoms with E-state index >= 15 is 0 Å². The van der Waals surface area contributed by atoms with Crippen LogP contribution in [0.3, 0.4) is 0 Å². The molecule has 1 saturated carbocycles. The highest BCUT2D eigenvalue weighted by molar-refractivity contribution is 9.09. The fourth-order valence-electron chi connectivity index (χ4n) is 2.46. The van der Waals surface area contributed by atoms with Crippen LogP contribution in [-0.4, -0.2) is 28.8 Å². The Morgan fingerprint density at radius 1 is 1.25 bits per heavy atom. The van der Waals surface area contributed by atoms with Crippen LogP contribution in [0.4, 0.5) is 0 Å². The van der Waals surface area contributed by atoms with Gasteiger partial charge in [-0.05, 0) is 43.8 Å². The van der Waals surface area contributed by atoms with Crippen molar-refractivity contribution in [2.75, 3.05) is 18.1 Å². The molecule has 1 N–H and O–H groups in total. The molecule has 2 aliphatic rings. The molecule has 1 aliphatic carbocycles. The molecular weight excluding hydrogens is 286 g/mol. The second-order valence-corrected chi connectivity index (χ2v) is 7.37. The molecule has 1 atom stereocenters. The Labute approximate surface area is 110 Å². The summed E-state index contributed by atoms with van der Waals surface area (Å²) in [6.45, 7) is 0.902. The fourth-order valence-corrected chi connectivity index (χ4v) is 4.21. The van der Waals surface area contributed by atoms with E-state index in [4.69, 9.17) is 0 Å². The maximum absolute atomic E-state index is 11.8. The van der Waals surface area contributed by atoms with E-state index in [9.17, 15) is 4.79 Å². The molecule has 4 heteroatoms. The van der Waals surface area contributed by atoms with Gasteiger partial charge in [0.2, 0.25) is 5.91 Å². The third kappa shape index (κ3) is 3.66. The lowest BCUT2D eigenvalue weighted by Crippen LogP contribution is -2.35. The Morgan fingerprint density at radius 2 is 2.00 bits per heavy atom. The van der Waals surface area contributed by atoms with Crippen LogP contribution >= 0.6 is 27.7 Å². The van der Waals surface area contributed by atoms with Crippen LogP contribution < -0.4 is 5.32 Å². The molecule has 0 aromatic carbocycles. The monoisotopic (exact) mass is 305 g/mol. The van der Waals surface area contributed by atoms with Crippen molar-refractivity contribution >= 4 is 33.6 Å². The van der Waals surface area contributed by atoms with E-state index in [0.717, 1.165) is 24.5 Å². The standard InChI is InChI=1S/C12H20BrNOS/c13-11-3-1-9(2-4-11)7-14-12(15)10-5-6-16-8-10/h9-11H,1-8H2,(H,14,15). The highest BCUT2D eigenvalue weighted by atomic mass is 79.9. The minimum Gasteiger partial charge on any atom is -0.356 e. The summed E-state index contributed by atoms with van der Waals surface area (Å²) < 4.78 is 0. The third-order valence-corrected chi connectivity index (χ3v) is 5.72. The lowest BCUT2D eigenvalue weighted by Gasteiger charge is -2.25. The SMILES string of the molecule is O=C(NCC1CCC(Br)CC1)C1CCSC1. The van der Waals surface area contributed by atoms with Gasteiger partial charge in [0, 0.05) is 23.0 Å². The van der Waals surface area contributed by atoms with E-state index in [-0.39, 0.29) is 5.92 Å². The van der Waals surface area contributed by atoms with Crippen molar-refractivity contribution in [3.05, 3.63) is 0 Å². The smallest absolute Gasteiger partial charge is 0.223 e. The number of rotatable bonds is 3. The Hall–Kier alpha value is 0.300. The molecule has 0 bridgehead atoms. The van der Waals surface area contributed by atoms with Gasteiger partial charge in [0.1, 0.15) is 0 Å². The van der Waals surface area contributed by atoms with E-state index < -0.39 is 0 Å². The van der Waals surface area contributed by atoms with Crippen molar-refractivity contribution in [3.8, 4) is 0 Å². The average Bonchev–Trinajstić information content (AvgIpc) is 2.81. The zero-order chi connectivity index (χ0) is 11.4. The molecule has 0 aromatic rings. The summed E-state index contributed by atoms with van der Waals surface area (Å²) in [5.74, 6) is 3.49. The third-order valence-electron chi connectivity index (χ3n) is 3.64. The van der Waals surface area contributed by atoms with Crippen molar-refractivity contribution in [3.63, 3.8) is 0 Å². The molecule has 1 amide bonds. The normalized spacial score (nSPS) is 34.9. The fraction of sp³-hybridized carbons (Fsp3) is 0.917. The van der Waals surface area contributed by atoms with Crippen molar-refractivity contribution in [1.82, 2.24) is 5.32 Å². The van der Waals surface area contributed by atoms with E-state index in [0.29, 0.717) is 16.7 Å². The molecule has 0 spiro atoms. The second-order valence-electron chi connectivity index (χ2n) is 4.92. The summed E-state index contributed by atoms with van der Waals surface area (Å²) in [7, 11) is 0. The molecular formula is C12H20BrNOS. The van der Waals surface area contributed by atoms with Gasteiger partial charge in [0.25, 0.3) is 0 Å². The number of amides is 1. The number of carbonyl (C=O) groups is 1. The van der Waals surface area contributed by atoms with Crippen LogP contribution in [0.15, 0.2) is 0 Å². The number of carbonyl (C=O) groups excluding carboxylic acids is 1. The topological polar surface area (TPSA) is 29.1 Å². The van der Waals surface area contributed by atoms with E-state index in [1.807, 2.05) is 11.8 Å². The molecule has 92 valence electrons. The maximum atomic E-state index is 11.8. The van der Waals surface area contributed by atoms with Crippen LogP contribution in [0.2, 0.25) is 0 Å². The van der Waals surface area contributed by atoms with Gasteiger partial charge < -0.3 is 5.32 Å². The lowest BCUT2D eigenvalue weighted by atomic mass is 9.89. The Kier molecular flexibility index (Phi) is 5.01. The second kappa shape index (κ2) is 6.29. The van der Waals surface area contributed by atoms with Gasteiger partial charge in [-0.25, -0.2) is 0 Å². The van der Waals surface area contributed by atoms with Gasteiger partial charge in [-0.1, -0.05) is 15.9 Å². The van der Waals surface area contributed by atoms with Crippen molar-refractivity contribution in [2.45, 2.75) is 36.9 Å². The largest absolute Gasteiger partial charge is 0.356 e. The first-order valence-electron chi connectivity index (χ1n) is 6.25. The first-order valence-corrected chi connectivity index (χ1v) is 8.32. The number of hydrogen-bond acceptors (Lipinski definition) is 2. The molecule has 1 unspecified atom stereocenters. The van der Waals surface area contributed by atoms with Crippen molar-refractivity contribution in [1.29, 1.82) is 0 Å². The predicted octanol–water partition coefficient (Wildman–Crippen LogP) is 2.81. The lowest BCUT2D eigenvalue weighted by molar-refractivity contribution is -0.124. The molecule has 2 nitrogen and oxygen atoms in total. The van der Waals surface area contributed by atoms with Crippen molar-refractivity contribution < 1.29 is 4.79 Å². The predicted molar refractivity (Wildman–Crippen MR) is 73.1 cm³/mol. The summed E-state index contributed by atoms with van der Waals surface area (Å²) in [4.78, 5) is 12.5.